The molecule has 2 fully saturated rings. The molecule has 2 aliphatic rings. The van der Waals surface area contributed by atoms with E-state index in [0.717, 1.165) is 19.5 Å². The Morgan fingerprint density at radius 2 is 2.04 bits per heavy atom. The number of carbonyl (C=O) groups excluding carboxylic acids is 1. The number of hydrogen-bond acceptors (Lipinski definition) is 5. The molecule has 25 heavy (non-hydrogen) atoms. The lowest BCUT2D eigenvalue weighted by molar-refractivity contribution is -0.157. The molecule has 1 saturated heterocycles. The first-order chi connectivity index (χ1) is 12.1. The normalized spacial score (nSPS) is 25.5. The van der Waals surface area contributed by atoms with E-state index < -0.39 is 5.60 Å². The molecule has 1 amide bonds. The third-order valence-electron chi connectivity index (χ3n) is 5.41. The van der Waals surface area contributed by atoms with E-state index in [4.69, 9.17) is 0 Å². The van der Waals surface area contributed by atoms with E-state index in [1.54, 1.807) is 0 Å². The SMILES string of the molecule is O=C1N(CC2CCCCC2)CCCC1(O)CNCCc1n[nH]c(=O)[nH]1. The first-order valence-electron chi connectivity index (χ1n) is 9.43. The van der Waals surface area contributed by atoms with Gasteiger partial charge in [0.1, 0.15) is 5.82 Å². The molecular formula is C17H29N5O3. The lowest BCUT2D eigenvalue weighted by Gasteiger charge is -2.40. The molecule has 1 aliphatic heterocycles. The highest BCUT2D eigenvalue weighted by Gasteiger charge is 2.42. The number of rotatable bonds is 7. The van der Waals surface area contributed by atoms with Crippen molar-refractivity contribution in [3.8, 4) is 0 Å². The molecule has 1 aromatic heterocycles. The Labute approximate surface area is 147 Å². The van der Waals surface area contributed by atoms with Crippen LogP contribution in [0.4, 0.5) is 0 Å². The van der Waals surface area contributed by atoms with Gasteiger partial charge in [-0.2, -0.15) is 5.10 Å². The van der Waals surface area contributed by atoms with Gasteiger partial charge in [-0.3, -0.25) is 9.78 Å². The van der Waals surface area contributed by atoms with Crippen molar-refractivity contribution in [1.82, 2.24) is 25.4 Å². The first-order valence-corrected chi connectivity index (χ1v) is 9.43. The summed E-state index contributed by atoms with van der Waals surface area (Å²) >= 11 is 0. The van der Waals surface area contributed by atoms with Crippen LogP contribution in [0.15, 0.2) is 4.79 Å². The molecule has 8 heteroatoms. The molecule has 1 unspecified atom stereocenters. The predicted molar refractivity (Wildman–Crippen MR) is 93.1 cm³/mol. The number of hydrogen-bond donors (Lipinski definition) is 4. The minimum Gasteiger partial charge on any atom is -0.379 e. The standard InChI is InChI=1S/C17H29N5O3/c23-15-17(25,12-18-9-7-14-19-16(24)21-20-14)8-4-10-22(15)11-13-5-2-1-3-6-13/h13,18,25H,1-12H2,(H2,19,20,21,24). The molecule has 0 aromatic carbocycles. The minimum atomic E-state index is -1.31. The molecule has 1 aliphatic carbocycles. The van der Waals surface area contributed by atoms with Gasteiger partial charge in [0.2, 0.25) is 0 Å². The van der Waals surface area contributed by atoms with Gasteiger partial charge in [0.15, 0.2) is 5.60 Å². The number of nitrogens with one attached hydrogen (secondary N) is 3. The van der Waals surface area contributed by atoms with Crippen molar-refractivity contribution in [2.24, 2.45) is 5.92 Å². The Balaban J connectivity index is 1.47. The van der Waals surface area contributed by atoms with E-state index in [1.807, 2.05) is 4.90 Å². The number of aliphatic hydroxyl groups is 1. The predicted octanol–water partition coefficient (Wildman–Crippen LogP) is 0.164. The smallest absolute Gasteiger partial charge is 0.340 e. The number of likely N-dealkylation sites (tertiary alicyclic amines) is 1. The van der Waals surface area contributed by atoms with E-state index in [9.17, 15) is 14.7 Å². The van der Waals surface area contributed by atoms with Crippen molar-refractivity contribution in [2.75, 3.05) is 26.2 Å². The maximum absolute atomic E-state index is 12.8. The number of carbonyl (C=O) groups is 1. The Kier molecular flexibility index (Phi) is 5.90. The second kappa shape index (κ2) is 8.14. The van der Waals surface area contributed by atoms with E-state index in [2.05, 4.69) is 20.5 Å². The lowest BCUT2D eigenvalue weighted by Crippen LogP contribution is -2.58. The molecule has 1 saturated carbocycles. The van der Waals surface area contributed by atoms with Crippen LogP contribution < -0.4 is 11.0 Å². The van der Waals surface area contributed by atoms with Crippen molar-refractivity contribution in [3.05, 3.63) is 16.3 Å². The fourth-order valence-electron chi connectivity index (χ4n) is 4.01. The van der Waals surface area contributed by atoms with Crippen LogP contribution in [-0.2, 0) is 11.2 Å². The second-order valence-electron chi connectivity index (χ2n) is 7.44. The molecule has 1 atom stereocenters. The van der Waals surface area contributed by atoms with Crippen molar-refractivity contribution < 1.29 is 9.90 Å². The van der Waals surface area contributed by atoms with E-state index in [1.165, 1.54) is 32.1 Å². The summed E-state index contributed by atoms with van der Waals surface area (Å²) in [5.41, 5.74) is -1.64. The Morgan fingerprint density at radius 3 is 2.76 bits per heavy atom. The van der Waals surface area contributed by atoms with Crippen molar-refractivity contribution in [3.63, 3.8) is 0 Å². The van der Waals surface area contributed by atoms with Crippen LogP contribution in [0.25, 0.3) is 0 Å². The number of aromatic nitrogens is 3. The van der Waals surface area contributed by atoms with Gasteiger partial charge in [0.25, 0.3) is 5.91 Å². The summed E-state index contributed by atoms with van der Waals surface area (Å²) in [6.07, 6.45) is 8.09. The van der Waals surface area contributed by atoms with Gasteiger partial charge in [-0.1, -0.05) is 19.3 Å². The topological polar surface area (TPSA) is 114 Å². The maximum Gasteiger partial charge on any atom is 0.340 e. The van der Waals surface area contributed by atoms with Crippen LogP contribution in [0.2, 0.25) is 0 Å². The van der Waals surface area contributed by atoms with E-state index in [-0.39, 0.29) is 18.1 Å². The number of H-pyrrole nitrogens is 2. The molecule has 4 N–H and O–H groups in total. The molecule has 0 radical (unpaired) electrons. The average Bonchev–Trinajstić information content (AvgIpc) is 3.02. The fourth-order valence-corrected chi connectivity index (χ4v) is 4.01. The zero-order valence-electron chi connectivity index (χ0n) is 14.7. The van der Waals surface area contributed by atoms with Crippen molar-refractivity contribution >= 4 is 5.91 Å². The largest absolute Gasteiger partial charge is 0.379 e. The number of amides is 1. The third kappa shape index (κ3) is 4.70. The monoisotopic (exact) mass is 351 g/mol. The second-order valence-corrected chi connectivity index (χ2v) is 7.44. The van der Waals surface area contributed by atoms with Crippen LogP contribution in [0, 0.1) is 5.92 Å². The molecule has 0 bridgehead atoms. The molecule has 0 spiro atoms. The third-order valence-corrected chi connectivity index (χ3v) is 5.41. The Morgan fingerprint density at radius 1 is 1.24 bits per heavy atom. The highest BCUT2D eigenvalue weighted by Crippen LogP contribution is 2.28. The number of aromatic amines is 2. The Bertz CT molecular complexity index is 622. The van der Waals surface area contributed by atoms with E-state index >= 15 is 0 Å². The quantitative estimate of drug-likeness (QED) is 0.523. The molecule has 140 valence electrons. The summed E-state index contributed by atoms with van der Waals surface area (Å²) in [6, 6.07) is 0. The highest BCUT2D eigenvalue weighted by atomic mass is 16.3. The minimum absolute atomic E-state index is 0.134. The van der Waals surface area contributed by atoms with E-state index in [0.29, 0.717) is 31.1 Å². The first kappa shape index (κ1) is 18.1. The summed E-state index contributed by atoms with van der Waals surface area (Å²) in [6.45, 7) is 2.32. The zero-order valence-corrected chi connectivity index (χ0v) is 14.7. The van der Waals surface area contributed by atoms with Gasteiger partial charge in [-0.25, -0.2) is 9.89 Å². The van der Waals surface area contributed by atoms with Crippen LogP contribution in [0.5, 0.6) is 0 Å². The molecule has 3 rings (SSSR count). The fraction of sp³-hybridized carbons (Fsp3) is 0.824. The summed E-state index contributed by atoms with van der Waals surface area (Å²) in [5.74, 6) is 1.02. The van der Waals surface area contributed by atoms with Gasteiger partial charge in [-0.15, -0.1) is 0 Å². The molecule has 1 aromatic rings. The van der Waals surface area contributed by atoms with Crippen LogP contribution in [-0.4, -0.2) is 62.9 Å². The van der Waals surface area contributed by atoms with Gasteiger partial charge in [-0.05, 0) is 31.6 Å². The van der Waals surface area contributed by atoms with Crippen molar-refractivity contribution in [2.45, 2.75) is 57.0 Å². The Hall–Kier alpha value is -1.67. The van der Waals surface area contributed by atoms with Gasteiger partial charge >= 0.3 is 5.69 Å². The van der Waals surface area contributed by atoms with Gasteiger partial charge < -0.3 is 15.3 Å². The van der Waals surface area contributed by atoms with Gasteiger partial charge in [0.05, 0.1) is 0 Å². The van der Waals surface area contributed by atoms with Crippen LogP contribution >= 0.6 is 0 Å². The zero-order chi connectivity index (χ0) is 17.7. The molecular weight excluding hydrogens is 322 g/mol. The van der Waals surface area contributed by atoms with Crippen LogP contribution in [0.1, 0.15) is 50.8 Å². The summed E-state index contributed by atoms with van der Waals surface area (Å²) in [5, 5.41) is 20.1. The lowest BCUT2D eigenvalue weighted by atomic mass is 9.86. The number of nitrogens with zero attached hydrogens (tertiary/aromatic N) is 2. The van der Waals surface area contributed by atoms with Crippen LogP contribution in [0.3, 0.4) is 0 Å². The number of piperidine rings is 1. The summed E-state index contributed by atoms with van der Waals surface area (Å²) in [4.78, 5) is 28.2. The average molecular weight is 351 g/mol. The summed E-state index contributed by atoms with van der Waals surface area (Å²) in [7, 11) is 0. The highest BCUT2D eigenvalue weighted by molar-refractivity contribution is 5.86. The van der Waals surface area contributed by atoms with Gasteiger partial charge in [0, 0.05) is 32.6 Å². The van der Waals surface area contributed by atoms with Crippen molar-refractivity contribution in [1.29, 1.82) is 0 Å². The summed E-state index contributed by atoms with van der Waals surface area (Å²) < 4.78 is 0. The maximum atomic E-state index is 12.8. The molecule has 8 nitrogen and oxygen atoms in total. The molecule has 2 heterocycles.